The van der Waals surface area contributed by atoms with Gasteiger partial charge >= 0.3 is 0 Å². The van der Waals surface area contributed by atoms with Crippen LogP contribution in [-0.4, -0.2) is 15.0 Å². The topological polar surface area (TPSA) is 76.3 Å². The van der Waals surface area contributed by atoms with E-state index in [-0.39, 0.29) is 17.3 Å². The molecular formula is C12H9ClN2O3. The van der Waals surface area contributed by atoms with E-state index in [2.05, 4.69) is 4.98 Å². The number of benzene rings is 1. The van der Waals surface area contributed by atoms with E-state index < -0.39 is 4.92 Å². The maximum atomic E-state index is 10.8. The molecule has 6 heteroatoms. The third-order valence-corrected chi connectivity index (χ3v) is 2.81. The number of nitrogens with zero attached hydrogens (tertiary/aromatic N) is 2. The van der Waals surface area contributed by atoms with Gasteiger partial charge in [0.1, 0.15) is 5.02 Å². The summed E-state index contributed by atoms with van der Waals surface area (Å²) in [5.74, 6) is 0. The second-order valence-electron chi connectivity index (χ2n) is 3.58. The molecule has 1 aromatic heterocycles. The van der Waals surface area contributed by atoms with Crippen molar-refractivity contribution in [2.45, 2.75) is 6.61 Å². The molecule has 1 N–H and O–H groups in total. The molecule has 0 aliphatic carbocycles. The number of nitro groups is 1. The third kappa shape index (κ3) is 2.32. The summed E-state index contributed by atoms with van der Waals surface area (Å²) in [5, 5.41) is 20.1. The zero-order valence-corrected chi connectivity index (χ0v) is 9.96. The summed E-state index contributed by atoms with van der Waals surface area (Å²) in [5.41, 5.74) is 1.55. The lowest BCUT2D eigenvalue weighted by molar-refractivity contribution is -0.384. The molecule has 92 valence electrons. The van der Waals surface area contributed by atoms with Gasteiger partial charge in [-0.25, -0.2) is 0 Å². The molecule has 0 amide bonds. The number of hydrogen-bond acceptors (Lipinski definition) is 4. The van der Waals surface area contributed by atoms with E-state index >= 15 is 0 Å². The van der Waals surface area contributed by atoms with Gasteiger partial charge in [-0.1, -0.05) is 23.7 Å². The molecule has 0 saturated heterocycles. The Labute approximate surface area is 108 Å². The Morgan fingerprint density at radius 3 is 2.83 bits per heavy atom. The molecule has 2 aromatic rings. The lowest BCUT2D eigenvalue weighted by Crippen LogP contribution is -1.94. The fourth-order valence-electron chi connectivity index (χ4n) is 1.65. The predicted octanol–water partition coefficient (Wildman–Crippen LogP) is 2.80. The summed E-state index contributed by atoms with van der Waals surface area (Å²) in [6.45, 7) is -0.230. The smallest absolute Gasteiger partial charge is 0.288 e. The van der Waals surface area contributed by atoms with Crippen LogP contribution in [0.15, 0.2) is 36.5 Å². The molecule has 0 unspecified atom stereocenters. The van der Waals surface area contributed by atoms with Gasteiger partial charge in [-0.2, -0.15) is 0 Å². The molecule has 1 heterocycles. The van der Waals surface area contributed by atoms with Crippen molar-refractivity contribution in [1.29, 1.82) is 0 Å². The van der Waals surface area contributed by atoms with Crippen LogP contribution in [0, 0.1) is 10.1 Å². The van der Waals surface area contributed by atoms with E-state index in [4.69, 9.17) is 11.6 Å². The van der Waals surface area contributed by atoms with Crippen LogP contribution in [0.3, 0.4) is 0 Å². The van der Waals surface area contributed by atoms with E-state index in [1.165, 1.54) is 12.1 Å². The zero-order valence-electron chi connectivity index (χ0n) is 9.21. The number of aromatic nitrogens is 1. The zero-order chi connectivity index (χ0) is 13.1. The van der Waals surface area contributed by atoms with E-state index in [1.54, 1.807) is 24.4 Å². The fraction of sp³-hybridized carbons (Fsp3) is 0.0833. The molecule has 2 rings (SSSR count). The van der Waals surface area contributed by atoms with Crippen molar-refractivity contribution in [3.8, 4) is 11.1 Å². The maximum absolute atomic E-state index is 10.8. The van der Waals surface area contributed by atoms with Gasteiger partial charge in [0.05, 0.1) is 17.2 Å². The van der Waals surface area contributed by atoms with Crippen molar-refractivity contribution in [3.05, 3.63) is 57.4 Å². The van der Waals surface area contributed by atoms with Gasteiger partial charge in [0.2, 0.25) is 0 Å². The number of aliphatic hydroxyl groups excluding tert-OH is 1. The average Bonchev–Trinajstić information content (AvgIpc) is 2.39. The number of pyridine rings is 1. The minimum Gasteiger partial charge on any atom is -0.390 e. The Morgan fingerprint density at radius 1 is 1.39 bits per heavy atom. The molecular weight excluding hydrogens is 256 g/mol. The summed E-state index contributed by atoms with van der Waals surface area (Å²) in [6, 6.07) is 7.94. The Balaban J connectivity index is 2.58. The number of nitro benzene ring substituents is 1. The standard InChI is InChI=1S/C12H9ClN2O3/c13-10-4-3-8(6-12(10)15(17)18)9-2-1-5-14-11(9)7-16/h1-6,16H,7H2. The van der Waals surface area contributed by atoms with Crippen LogP contribution in [0.5, 0.6) is 0 Å². The minimum absolute atomic E-state index is 0.0817. The second-order valence-corrected chi connectivity index (χ2v) is 3.99. The largest absolute Gasteiger partial charge is 0.390 e. The molecule has 1 aromatic carbocycles. The molecule has 0 aliphatic rings. The first-order chi connectivity index (χ1) is 8.63. The highest BCUT2D eigenvalue weighted by atomic mass is 35.5. The fourth-order valence-corrected chi connectivity index (χ4v) is 1.83. The van der Waals surface area contributed by atoms with Crippen LogP contribution < -0.4 is 0 Å². The highest BCUT2D eigenvalue weighted by molar-refractivity contribution is 6.32. The van der Waals surface area contributed by atoms with Crippen molar-refractivity contribution >= 4 is 17.3 Å². The first-order valence-electron chi connectivity index (χ1n) is 5.12. The molecule has 18 heavy (non-hydrogen) atoms. The van der Waals surface area contributed by atoms with Gasteiger partial charge in [-0.3, -0.25) is 15.1 Å². The van der Waals surface area contributed by atoms with Crippen LogP contribution in [0.2, 0.25) is 5.02 Å². The molecule has 0 bridgehead atoms. The predicted molar refractivity (Wildman–Crippen MR) is 67.3 cm³/mol. The summed E-state index contributed by atoms with van der Waals surface area (Å²) >= 11 is 5.75. The maximum Gasteiger partial charge on any atom is 0.288 e. The number of halogens is 1. The molecule has 0 radical (unpaired) electrons. The Kier molecular flexibility index (Phi) is 3.55. The van der Waals surface area contributed by atoms with Crippen molar-refractivity contribution in [2.24, 2.45) is 0 Å². The molecule has 0 saturated carbocycles. The van der Waals surface area contributed by atoms with Crippen LogP contribution in [0.25, 0.3) is 11.1 Å². The van der Waals surface area contributed by atoms with E-state index in [1.807, 2.05) is 0 Å². The molecule has 5 nitrogen and oxygen atoms in total. The summed E-state index contributed by atoms with van der Waals surface area (Å²) < 4.78 is 0. The van der Waals surface area contributed by atoms with Crippen molar-refractivity contribution in [1.82, 2.24) is 4.98 Å². The molecule has 0 spiro atoms. The van der Waals surface area contributed by atoms with Crippen molar-refractivity contribution in [2.75, 3.05) is 0 Å². The number of aliphatic hydroxyl groups is 1. The molecule has 0 fully saturated rings. The van der Waals surface area contributed by atoms with Gasteiger partial charge in [0.25, 0.3) is 5.69 Å². The Bertz CT molecular complexity index is 602. The number of hydrogen-bond donors (Lipinski definition) is 1. The minimum atomic E-state index is -0.541. The third-order valence-electron chi connectivity index (χ3n) is 2.49. The number of rotatable bonds is 3. The van der Waals surface area contributed by atoms with Gasteiger partial charge in [-0.05, 0) is 17.7 Å². The first kappa shape index (κ1) is 12.5. The Hall–Kier alpha value is -1.98. The SMILES string of the molecule is O=[N+]([O-])c1cc(-c2cccnc2CO)ccc1Cl. The van der Waals surface area contributed by atoms with Gasteiger partial charge < -0.3 is 5.11 Å². The van der Waals surface area contributed by atoms with E-state index in [0.29, 0.717) is 16.8 Å². The lowest BCUT2D eigenvalue weighted by atomic mass is 10.0. The first-order valence-corrected chi connectivity index (χ1v) is 5.50. The highest BCUT2D eigenvalue weighted by Crippen LogP contribution is 2.31. The normalized spacial score (nSPS) is 10.3. The van der Waals surface area contributed by atoms with Gasteiger partial charge in [0.15, 0.2) is 0 Å². The van der Waals surface area contributed by atoms with Crippen LogP contribution in [0.4, 0.5) is 5.69 Å². The summed E-state index contributed by atoms with van der Waals surface area (Å²) in [4.78, 5) is 14.3. The highest BCUT2D eigenvalue weighted by Gasteiger charge is 2.15. The quantitative estimate of drug-likeness (QED) is 0.683. The monoisotopic (exact) mass is 264 g/mol. The molecule has 0 atom stereocenters. The summed E-state index contributed by atoms with van der Waals surface area (Å²) in [6.07, 6.45) is 1.55. The Morgan fingerprint density at radius 2 is 2.17 bits per heavy atom. The van der Waals surface area contributed by atoms with Gasteiger partial charge in [0, 0.05) is 17.8 Å². The van der Waals surface area contributed by atoms with Crippen molar-refractivity contribution < 1.29 is 10.0 Å². The van der Waals surface area contributed by atoms with Crippen LogP contribution in [0.1, 0.15) is 5.69 Å². The van der Waals surface area contributed by atoms with Crippen LogP contribution in [-0.2, 0) is 6.61 Å². The summed E-state index contributed by atoms with van der Waals surface area (Å²) in [7, 11) is 0. The van der Waals surface area contributed by atoms with E-state index in [9.17, 15) is 15.2 Å². The second kappa shape index (κ2) is 5.12. The van der Waals surface area contributed by atoms with Gasteiger partial charge in [-0.15, -0.1) is 0 Å². The van der Waals surface area contributed by atoms with Crippen molar-refractivity contribution in [3.63, 3.8) is 0 Å². The average molecular weight is 265 g/mol. The van der Waals surface area contributed by atoms with Crippen LogP contribution >= 0.6 is 11.6 Å². The van der Waals surface area contributed by atoms with E-state index in [0.717, 1.165) is 0 Å². The molecule has 0 aliphatic heterocycles. The lowest BCUT2D eigenvalue weighted by Gasteiger charge is -2.06.